The van der Waals surface area contributed by atoms with Gasteiger partial charge in [0.05, 0.1) is 24.2 Å². The Morgan fingerprint density at radius 3 is 2.05 bits per heavy atom. The molecule has 1 amide bonds. The molecule has 0 spiro atoms. The average Bonchev–Trinajstić information content (AvgIpc) is 2.39. The first kappa shape index (κ1) is 15.5. The SMILES string of the molecule is CC(CO)(CO)NC(=O)C(C)(C)c1ccc(N)cc1. The summed E-state index contributed by atoms with van der Waals surface area (Å²) in [6, 6.07) is 7.07. The zero-order valence-electron chi connectivity index (χ0n) is 11.6. The number of anilines is 1. The summed E-state index contributed by atoms with van der Waals surface area (Å²) in [5.74, 6) is -0.261. The quantitative estimate of drug-likeness (QED) is 0.580. The number of amides is 1. The molecule has 0 saturated heterocycles. The molecule has 1 aromatic rings. The van der Waals surface area contributed by atoms with Gasteiger partial charge in [0, 0.05) is 5.69 Å². The van der Waals surface area contributed by atoms with Gasteiger partial charge >= 0.3 is 0 Å². The van der Waals surface area contributed by atoms with Crippen LogP contribution >= 0.6 is 0 Å². The van der Waals surface area contributed by atoms with Crippen LogP contribution in [0.3, 0.4) is 0 Å². The zero-order chi connectivity index (χ0) is 14.7. The Bertz CT molecular complexity index is 437. The molecule has 5 nitrogen and oxygen atoms in total. The van der Waals surface area contributed by atoms with Crippen molar-refractivity contribution in [2.24, 2.45) is 0 Å². The number of hydrogen-bond acceptors (Lipinski definition) is 4. The first-order valence-corrected chi connectivity index (χ1v) is 6.15. The van der Waals surface area contributed by atoms with Crippen LogP contribution in [0, 0.1) is 0 Å². The number of carbonyl (C=O) groups excluding carboxylic acids is 1. The van der Waals surface area contributed by atoms with Gasteiger partial charge in [-0.25, -0.2) is 0 Å². The van der Waals surface area contributed by atoms with Crippen molar-refractivity contribution in [3.8, 4) is 0 Å². The van der Waals surface area contributed by atoms with Crippen molar-refractivity contribution in [1.82, 2.24) is 5.32 Å². The van der Waals surface area contributed by atoms with E-state index in [-0.39, 0.29) is 19.1 Å². The van der Waals surface area contributed by atoms with Gasteiger partial charge in [-0.2, -0.15) is 0 Å². The lowest BCUT2D eigenvalue weighted by molar-refractivity contribution is -0.128. The minimum Gasteiger partial charge on any atom is -0.399 e. The number of nitrogen functional groups attached to an aromatic ring is 1. The molecule has 0 aromatic heterocycles. The summed E-state index contributed by atoms with van der Waals surface area (Å²) in [5.41, 5.74) is 5.27. The van der Waals surface area contributed by atoms with Crippen molar-refractivity contribution in [1.29, 1.82) is 0 Å². The summed E-state index contributed by atoms with van der Waals surface area (Å²) in [4.78, 5) is 12.3. The molecular weight excluding hydrogens is 244 g/mol. The van der Waals surface area contributed by atoms with Crippen molar-refractivity contribution in [2.75, 3.05) is 18.9 Å². The predicted octanol–water partition coefficient (Wildman–Crippen LogP) is 0.406. The molecule has 0 aliphatic heterocycles. The number of carbonyl (C=O) groups is 1. The van der Waals surface area contributed by atoms with E-state index in [0.29, 0.717) is 5.69 Å². The van der Waals surface area contributed by atoms with E-state index in [0.717, 1.165) is 5.56 Å². The molecule has 0 bridgehead atoms. The molecule has 0 aliphatic carbocycles. The first-order chi connectivity index (χ1) is 8.75. The van der Waals surface area contributed by atoms with Crippen LogP contribution in [0.25, 0.3) is 0 Å². The largest absolute Gasteiger partial charge is 0.399 e. The van der Waals surface area contributed by atoms with E-state index < -0.39 is 11.0 Å². The molecule has 19 heavy (non-hydrogen) atoms. The van der Waals surface area contributed by atoms with Gasteiger partial charge in [0.2, 0.25) is 5.91 Å². The third-order valence-electron chi connectivity index (χ3n) is 3.31. The van der Waals surface area contributed by atoms with Gasteiger partial charge in [-0.15, -0.1) is 0 Å². The Hall–Kier alpha value is -1.59. The molecular formula is C14H22N2O3. The summed E-state index contributed by atoms with van der Waals surface area (Å²) < 4.78 is 0. The van der Waals surface area contributed by atoms with Gasteiger partial charge in [0.25, 0.3) is 0 Å². The van der Waals surface area contributed by atoms with Crippen LogP contribution < -0.4 is 11.1 Å². The van der Waals surface area contributed by atoms with E-state index in [2.05, 4.69) is 5.32 Å². The third-order valence-corrected chi connectivity index (χ3v) is 3.31. The number of nitrogens with one attached hydrogen (secondary N) is 1. The second kappa shape index (κ2) is 5.59. The lowest BCUT2D eigenvalue weighted by atomic mass is 9.83. The van der Waals surface area contributed by atoms with E-state index in [9.17, 15) is 15.0 Å². The van der Waals surface area contributed by atoms with Crippen molar-refractivity contribution in [3.63, 3.8) is 0 Å². The topological polar surface area (TPSA) is 95.6 Å². The van der Waals surface area contributed by atoms with Crippen molar-refractivity contribution < 1.29 is 15.0 Å². The fourth-order valence-corrected chi connectivity index (χ4v) is 1.59. The van der Waals surface area contributed by atoms with Crippen LogP contribution in [0.15, 0.2) is 24.3 Å². The second-order valence-electron chi connectivity index (χ2n) is 5.58. The maximum absolute atomic E-state index is 12.3. The molecule has 1 aromatic carbocycles. The molecule has 5 N–H and O–H groups in total. The minimum atomic E-state index is -1.03. The van der Waals surface area contributed by atoms with Gasteiger partial charge < -0.3 is 21.3 Å². The Labute approximate surface area is 113 Å². The predicted molar refractivity (Wildman–Crippen MR) is 74.6 cm³/mol. The van der Waals surface area contributed by atoms with Gasteiger partial charge in [-0.1, -0.05) is 12.1 Å². The molecule has 1 rings (SSSR count). The number of nitrogens with two attached hydrogens (primary N) is 1. The number of aliphatic hydroxyl groups is 2. The molecule has 0 unspecified atom stereocenters. The van der Waals surface area contributed by atoms with Gasteiger partial charge in [0.1, 0.15) is 0 Å². The fraction of sp³-hybridized carbons (Fsp3) is 0.500. The fourth-order valence-electron chi connectivity index (χ4n) is 1.59. The van der Waals surface area contributed by atoms with Crippen LogP contribution in [0.4, 0.5) is 5.69 Å². The Kier molecular flexibility index (Phi) is 4.55. The summed E-state index contributed by atoms with van der Waals surface area (Å²) in [6.07, 6.45) is 0. The average molecular weight is 266 g/mol. The van der Waals surface area contributed by atoms with Crippen LogP contribution in [0.2, 0.25) is 0 Å². The maximum atomic E-state index is 12.3. The van der Waals surface area contributed by atoms with E-state index in [1.165, 1.54) is 0 Å². The monoisotopic (exact) mass is 266 g/mol. The molecule has 106 valence electrons. The number of rotatable bonds is 5. The molecule has 0 saturated carbocycles. The summed E-state index contributed by atoms with van der Waals surface area (Å²) in [7, 11) is 0. The van der Waals surface area contributed by atoms with E-state index in [1.807, 2.05) is 0 Å². The smallest absolute Gasteiger partial charge is 0.230 e. The summed E-state index contributed by atoms with van der Waals surface area (Å²) >= 11 is 0. The Morgan fingerprint density at radius 1 is 1.16 bits per heavy atom. The molecule has 0 heterocycles. The van der Waals surface area contributed by atoms with Gasteiger partial charge in [-0.3, -0.25) is 4.79 Å². The van der Waals surface area contributed by atoms with E-state index in [1.54, 1.807) is 45.0 Å². The third kappa shape index (κ3) is 3.45. The lowest BCUT2D eigenvalue weighted by Crippen LogP contribution is -2.56. The van der Waals surface area contributed by atoms with E-state index in [4.69, 9.17) is 5.73 Å². The molecule has 0 radical (unpaired) electrons. The van der Waals surface area contributed by atoms with Crippen LogP contribution in [-0.2, 0) is 10.2 Å². The number of benzene rings is 1. The first-order valence-electron chi connectivity index (χ1n) is 6.15. The van der Waals surface area contributed by atoms with Crippen LogP contribution in [0.1, 0.15) is 26.3 Å². The minimum absolute atomic E-state index is 0.261. The van der Waals surface area contributed by atoms with Crippen molar-refractivity contribution in [3.05, 3.63) is 29.8 Å². The van der Waals surface area contributed by atoms with Crippen LogP contribution in [0.5, 0.6) is 0 Å². The second-order valence-corrected chi connectivity index (χ2v) is 5.58. The number of aliphatic hydroxyl groups excluding tert-OH is 2. The van der Waals surface area contributed by atoms with Crippen molar-refractivity contribution >= 4 is 11.6 Å². The highest BCUT2D eigenvalue weighted by molar-refractivity contribution is 5.88. The molecule has 5 heteroatoms. The highest BCUT2D eigenvalue weighted by atomic mass is 16.3. The molecule has 0 fully saturated rings. The van der Waals surface area contributed by atoms with Gasteiger partial charge in [-0.05, 0) is 38.5 Å². The Balaban J connectivity index is 2.94. The Morgan fingerprint density at radius 2 is 1.63 bits per heavy atom. The number of hydrogen-bond donors (Lipinski definition) is 4. The van der Waals surface area contributed by atoms with Crippen molar-refractivity contribution in [2.45, 2.75) is 31.7 Å². The van der Waals surface area contributed by atoms with Crippen LogP contribution in [-0.4, -0.2) is 34.9 Å². The summed E-state index contributed by atoms with van der Waals surface area (Å²) in [6.45, 7) is 4.50. The molecule has 0 aliphatic rings. The standard InChI is InChI=1S/C14H22N2O3/c1-13(2,10-4-6-11(15)7-5-10)12(19)16-14(3,8-17)9-18/h4-7,17-18H,8-9,15H2,1-3H3,(H,16,19). The normalized spacial score (nSPS) is 12.3. The maximum Gasteiger partial charge on any atom is 0.230 e. The molecule has 0 atom stereocenters. The van der Waals surface area contributed by atoms with E-state index >= 15 is 0 Å². The lowest BCUT2D eigenvalue weighted by Gasteiger charge is -2.32. The highest BCUT2D eigenvalue weighted by Gasteiger charge is 2.34. The highest BCUT2D eigenvalue weighted by Crippen LogP contribution is 2.25. The summed E-state index contributed by atoms with van der Waals surface area (Å²) in [5, 5.41) is 21.1. The van der Waals surface area contributed by atoms with Gasteiger partial charge in [0.15, 0.2) is 0 Å². The zero-order valence-corrected chi connectivity index (χ0v) is 11.6.